The van der Waals surface area contributed by atoms with Gasteiger partial charge in [-0.2, -0.15) is 0 Å². The van der Waals surface area contributed by atoms with E-state index in [9.17, 15) is 9.59 Å². The number of hydrogen-bond donors (Lipinski definition) is 2. The molecule has 0 bridgehead atoms. The van der Waals surface area contributed by atoms with Crippen LogP contribution in [-0.4, -0.2) is 22.0 Å². The molecule has 5 nitrogen and oxygen atoms in total. The standard InChI is InChI=1S/C13H9BrN2O3/c14-10-7-15-5-4-11(10)16-12(17)8-2-1-3-9(6-8)13(18)19/h1-7H,(H,18,19)(H,15,16,17). The molecule has 0 radical (unpaired) electrons. The molecule has 1 aromatic heterocycles. The van der Waals surface area contributed by atoms with E-state index in [-0.39, 0.29) is 17.0 Å². The van der Waals surface area contributed by atoms with Gasteiger partial charge in [0.1, 0.15) is 0 Å². The minimum Gasteiger partial charge on any atom is -0.478 e. The van der Waals surface area contributed by atoms with Gasteiger partial charge in [-0.1, -0.05) is 6.07 Å². The fourth-order valence-corrected chi connectivity index (χ4v) is 1.81. The number of aromatic nitrogens is 1. The molecular weight excluding hydrogens is 312 g/mol. The summed E-state index contributed by atoms with van der Waals surface area (Å²) in [6, 6.07) is 7.48. The first-order valence-corrected chi connectivity index (χ1v) is 6.11. The van der Waals surface area contributed by atoms with Gasteiger partial charge in [0.2, 0.25) is 0 Å². The fourth-order valence-electron chi connectivity index (χ4n) is 1.46. The molecule has 1 amide bonds. The Morgan fingerprint density at radius 3 is 2.63 bits per heavy atom. The zero-order chi connectivity index (χ0) is 13.8. The normalized spacial score (nSPS) is 9.95. The molecule has 2 rings (SSSR count). The monoisotopic (exact) mass is 320 g/mol. The van der Waals surface area contributed by atoms with Crippen LogP contribution in [0.4, 0.5) is 5.69 Å². The van der Waals surface area contributed by atoms with Gasteiger partial charge in [-0.05, 0) is 40.2 Å². The van der Waals surface area contributed by atoms with E-state index >= 15 is 0 Å². The summed E-state index contributed by atoms with van der Waals surface area (Å²) in [5.74, 6) is -1.45. The number of anilines is 1. The number of carboxylic acids is 1. The first kappa shape index (κ1) is 13.2. The van der Waals surface area contributed by atoms with Crippen LogP contribution in [0.15, 0.2) is 47.2 Å². The summed E-state index contributed by atoms with van der Waals surface area (Å²) < 4.78 is 0.651. The highest BCUT2D eigenvalue weighted by Crippen LogP contribution is 2.20. The lowest BCUT2D eigenvalue weighted by Gasteiger charge is -2.07. The Balaban J connectivity index is 2.23. The third kappa shape index (κ3) is 3.17. The summed E-state index contributed by atoms with van der Waals surface area (Å²) in [5, 5.41) is 11.6. The predicted molar refractivity (Wildman–Crippen MR) is 73.3 cm³/mol. The zero-order valence-electron chi connectivity index (χ0n) is 9.63. The quantitative estimate of drug-likeness (QED) is 0.911. The Morgan fingerprint density at radius 2 is 1.95 bits per heavy atom. The summed E-state index contributed by atoms with van der Waals surface area (Å²) >= 11 is 3.26. The summed E-state index contributed by atoms with van der Waals surface area (Å²) in [7, 11) is 0. The molecule has 0 unspecified atom stereocenters. The summed E-state index contributed by atoms with van der Waals surface area (Å²) in [6.45, 7) is 0. The molecule has 2 aromatic rings. The van der Waals surface area contributed by atoms with Crippen molar-refractivity contribution in [3.8, 4) is 0 Å². The second-order valence-electron chi connectivity index (χ2n) is 3.70. The Kier molecular flexibility index (Phi) is 3.91. The first-order valence-electron chi connectivity index (χ1n) is 5.32. The largest absolute Gasteiger partial charge is 0.478 e. The van der Waals surface area contributed by atoms with Crippen LogP contribution >= 0.6 is 15.9 Å². The number of carboxylic acid groups (broad SMARTS) is 1. The molecule has 0 saturated carbocycles. The van der Waals surface area contributed by atoms with Crippen molar-refractivity contribution >= 4 is 33.5 Å². The zero-order valence-corrected chi connectivity index (χ0v) is 11.2. The number of pyridine rings is 1. The molecule has 0 aliphatic carbocycles. The van der Waals surface area contributed by atoms with Crippen molar-refractivity contribution in [2.45, 2.75) is 0 Å². The van der Waals surface area contributed by atoms with Crippen LogP contribution in [0.3, 0.4) is 0 Å². The highest BCUT2D eigenvalue weighted by atomic mass is 79.9. The lowest BCUT2D eigenvalue weighted by Crippen LogP contribution is -2.13. The van der Waals surface area contributed by atoms with Gasteiger partial charge in [0.15, 0.2) is 0 Å². The van der Waals surface area contributed by atoms with Crippen molar-refractivity contribution in [1.29, 1.82) is 0 Å². The van der Waals surface area contributed by atoms with E-state index in [1.807, 2.05) is 0 Å². The van der Waals surface area contributed by atoms with Crippen LogP contribution < -0.4 is 5.32 Å². The van der Waals surface area contributed by atoms with E-state index in [4.69, 9.17) is 5.11 Å². The number of benzene rings is 1. The molecule has 6 heteroatoms. The Hall–Kier alpha value is -2.21. The average molecular weight is 321 g/mol. The van der Waals surface area contributed by atoms with Gasteiger partial charge in [-0.15, -0.1) is 0 Å². The van der Waals surface area contributed by atoms with Gasteiger partial charge in [0.05, 0.1) is 15.7 Å². The van der Waals surface area contributed by atoms with Crippen molar-refractivity contribution in [3.63, 3.8) is 0 Å². The Morgan fingerprint density at radius 1 is 1.21 bits per heavy atom. The first-order chi connectivity index (χ1) is 9.08. The predicted octanol–water partition coefficient (Wildman–Crippen LogP) is 2.79. The lowest BCUT2D eigenvalue weighted by molar-refractivity contribution is 0.0697. The van der Waals surface area contributed by atoms with Gasteiger partial charge in [0.25, 0.3) is 5.91 Å². The maximum absolute atomic E-state index is 12.0. The van der Waals surface area contributed by atoms with E-state index < -0.39 is 5.97 Å². The van der Waals surface area contributed by atoms with E-state index in [1.165, 1.54) is 18.2 Å². The molecule has 19 heavy (non-hydrogen) atoms. The van der Waals surface area contributed by atoms with Crippen molar-refractivity contribution in [3.05, 3.63) is 58.3 Å². The maximum Gasteiger partial charge on any atom is 0.335 e. The van der Waals surface area contributed by atoms with Gasteiger partial charge in [-0.25, -0.2) is 4.79 Å². The number of aromatic carboxylic acids is 1. The van der Waals surface area contributed by atoms with Crippen LogP contribution in [0.1, 0.15) is 20.7 Å². The Bertz CT molecular complexity index is 643. The number of nitrogens with one attached hydrogen (secondary N) is 1. The lowest BCUT2D eigenvalue weighted by atomic mass is 10.1. The SMILES string of the molecule is O=C(O)c1cccc(C(=O)Nc2ccncc2Br)c1. The molecule has 0 fully saturated rings. The maximum atomic E-state index is 12.0. The molecule has 96 valence electrons. The number of halogens is 1. The number of carbonyl (C=O) groups excluding carboxylic acids is 1. The smallest absolute Gasteiger partial charge is 0.335 e. The van der Waals surface area contributed by atoms with Crippen LogP contribution in [0.25, 0.3) is 0 Å². The van der Waals surface area contributed by atoms with Gasteiger partial charge in [0, 0.05) is 18.0 Å². The van der Waals surface area contributed by atoms with Crippen molar-refractivity contribution < 1.29 is 14.7 Å². The van der Waals surface area contributed by atoms with E-state index in [2.05, 4.69) is 26.2 Å². The molecular formula is C13H9BrN2O3. The van der Waals surface area contributed by atoms with E-state index in [0.717, 1.165) is 0 Å². The van der Waals surface area contributed by atoms with E-state index in [0.29, 0.717) is 10.2 Å². The molecule has 0 aliphatic rings. The van der Waals surface area contributed by atoms with Crippen molar-refractivity contribution in [1.82, 2.24) is 4.98 Å². The van der Waals surface area contributed by atoms with Gasteiger partial charge in [-0.3, -0.25) is 9.78 Å². The summed E-state index contributed by atoms with van der Waals surface area (Å²) in [6.07, 6.45) is 3.11. The van der Waals surface area contributed by atoms with Gasteiger partial charge >= 0.3 is 5.97 Å². The number of rotatable bonds is 3. The van der Waals surface area contributed by atoms with Crippen LogP contribution in [0, 0.1) is 0 Å². The molecule has 0 atom stereocenters. The molecule has 2 N–H and O–H groups in total. The number of nitrogens with zero attached hydrogens (tertiary/aromatic N) is 1. The molecule has 0 aliphatic heterocycles. The summed E-state index contributed by atoms with van der Waals surface area (Å²) in [5.41, 5.74) is 0.922. The molecule has 0 saturated heterocycles. The van der Waals surface area contributed by atoms with Crippen LogP contribution in [-0.2, 0) is 0 Å². The second-order valence-corrected chi connectivity index (χ2v) is 4.55. The fraction of sp³-hybridized carbons (Fsp3) is 0. The summed E-state index contributed by atoms with van der Waals surface area (Å²) in [4.78, 5) is 26.7. The molecule has 1 heterocycles. The number of hydrogen-bond acceptors (Lipinski definition) is 3. The highest BCUT2D eigenvalue weighted by Gasteiger charge is 2.10. The third-order valence-electron chi connectivity index (χ3n) is 2.39. The molecule has 0 spiro atoms. The highest BCUT2D eigenvalue weighted by molar-refractivity contribution is 9.10. The van der Waals surface area contributed by atoms with Crippen LogP contribution in [0.2, 0.25) is 0 Å². The topological polar surface area (TPSA) is 79.3 Å². The number of carbonyl (C=O) groups is 2. The van der Waals surface area contributed by atoms with Crippen molar-refractivity contribution in [2.75, 3.05) is 5.32 Å². The number of amides is 1. The second kappa shape index (κ2) is 5.62. The average Bonchev–Trinajstić information content (AvgIpc) is 2.41. The molecule has 1 aromatic carbocycles. The minimum absolute atomic E-state index is 0.0708. The van der Waals surface area contributed by atoms with Crippen molar-refractivity contribution in [2.24, 2.45) is 0 Å². The van der Waals surface area contributed by atoms with Crippen LogP contribution in [0.5, 0.6) is 0 Å². The van der Waals surface area contributed by atoms with E-state index in [1.54, 1.807) is 24.5 Å². The third-order valence-corrected chi connectivity index (χ3v) is 3.02. The minimum atomic E-state index is -1.07. The van der Waals surface area contributed by atoms with Gasteiger partial charge < -0.3 is 10.4 Å². The Labute approximate surface area is 117 Å².